The second-order valence-corrected chi connectivity index (χ2v) is 8.24. The second-order valence-electron chi connectivity index (χ2n) is 7.28. The van der Waals surface area contributed by atoms with E-state index in [2.05, 4.69) is 110 Å². The number of benzene rings is 3. The number of hydrogen-bond donors (Lipinski definition) is 0. The van der Waals surface area contributed by atoms with Crippen molar-refractivity contribution in [1.82, 2.24) is 2.78 Å². The molecule has 2 heterocycles. The van der Waals surface area contributed by atoms with Gasteiger partial charge in [-0.25, -0.2) is 0 Å². The summed E-state index contributed by atoms with van der Waals surface area (Å²) in [5.74, 6) is 0.399. The summed E-state index contributed by atoms with van der Waals surface area (Å²) in [6.07, 6.45) is 4.91. The molecule has 2 aliphatic rings. The summed E-state index contributed by atoms with van der Waals surface area (Å²) in [5, 5.41) is 5.47. The summed E-state index contributed by atoms with van der Waals surface area (Å²) < 4.78 is 2.30. The van der Waals surface area contributed by atoms with E-state index < -0.39 is 0 Å². The van der Waals surface area contributed by atoms with Crippen LogP contribution in [-0.2, 0) is 0 Å². The molecule has 0 spiro atoms. The third-order valence-corrected chi connectivity index (χ3v) is 7.07. The summed E-state index contributed by atoms with van der Waals surface area (Å²) >= 11 is 2.43. The summed E-state index contributed by atoms with van der Waals surface area (Å²) in [6, 6.07) is 22.5. The Kier molecular flexibility index (Phi) is 2.93. The van der Waals surface area contributed by atoms with Crippen molar-refractivity contribution in [2.45, 2.75) is 12.0 Å². The number of halogens is 1. The van der Waals surface area contributed by atoms with Crippen LogP contribution in [0.3, 0.4) is 0 Å². The van der Waals surface area contributed by atoms with Crippen LogP contribution >= 0.6 is 22.9 Å². The molecule has 1 aliphatic carbocycles. The Morgan fingerprint density at radius 1 is 0.808 bits per heavy atom. The molecular weight excluding hydrogens is 431 g/mol. The van der Waals surface area contributed by atoms with Gasteiger partial charge in [0.15, 0.2) is 0 Å². The molecule has 0 saturated heterocycles. The molecule has 1 aromatic heterocycles. The molecule has 1 aliphatic heterocycles. The average Bonchev–Trinajstić information content (AvgIpc) is 3.13. The maximum Gasteiger partial charge on any atom is 0.0646 e. The molecule has 0 saturated carbocycles. The number of para-hydroxylation sites is 1. The molecule has 2 nitrogen and oxygen atoms in total. The van der Waals surface area contributed by atoms with Gasteiger partial charge in [0.05, 0.1) is 39.9 Å². The summed E-state index contributed by atoms with van der Waals surface area (Å²) in [5.41, 5.74) is 5.45. The molecule has 2 atom stereocenters. The zero-order chi connectivity index (χ0) is 17.4. The maximum atomic E-state index is 2.47. The number of hydrogen-bond acceptors (Lipinski definition) is 1. The highest BCUT2D eigenvalue weighted by atomic mass is 127. The van der Waals surface area contributed by atoms with Crippen molar-refractivity contribution in [1.29, 1.82) is 0 Å². The molecule has 2 unspecified atom stereocenters. The number of likely N-dealkylation sites (N-methyl/N-ethyl adjacent to an activating group) is 1. The van der Waals surface area contributed by atoms with Crippen molar-refractivity contribution in [3.63, 3.8) is 0 Å². The molecule has 0 bridgehead atoms. The minimum atomic E-state index is 0.391. The van der Waals surface area contributed by atoms with Gasteiger partial charge in [-0.2, -0.15) is 0 Å². The predicted octanol–water partition coefficient (Wildman–Crippen LogP) is 4.17. The fourth-order valence-corrected chi connectivity index (χ4v) is 5.66. The van der Waals surface area contributed by atoms with Crippen molar-refractivity contribution in [3.8, 4) is 0 Å². The van der Waals surface area contributed by atoms with E-state index in [4.69, 9.17) is 0 Å². The number of aromatic nitrogens is 1. The highest BCUT2D eigenvalue weighted by molar-refractivity contribution is 14.1. The van der Waals surface area contributed by atoms with E-state index in [1.807, 2.05) is 0 Å². The lowest BCUT2D eigenvalue weighted by Crippen LogP contribution is -2.38. The first-order valence-corrected chi connectivity index (χ1v) is 9.94. The van der Waals surface area contributed by atoms with Gasteiger partial charge in [-0.05, 0) is 34.2 Å². The number of fused-ring (bicyclic) bond motifs is 8. The normalized spacial score (nSPS) is 20.5. The lowest BCUT2D eigenvalue weighted by atomic mass is 9.87. The highest BCUT2D eigenvalue weighted by Gasteiger charge is 2.37. The number of anilines is 1. The Bertz CT molecular complexity index is 1330. The van der Waals surface area contributed by atoms with Gasteiger partial charge in [-0.15, -0.1) is 0 Å². The number of nitrogens with zero attached hydrogens (tertiary/aromatic N) is 2. The fourth-order valence-electron chi connectivity index (χ4n) is 4.84. The van der Waals surface area contributed by atoms with Gasteiger partial charge in [0, 0.05) is 29.4 Å². The van der Waals surface area contributed by atoms with Crippen LogP contribution in [0.25, 0.3) is 34.0 Å². The van der Waals surface area contributed by atoms with Gasteiger partial charge in [-0.1, -0.05) is 54.6 Å². The van der Waals surface area contributed by atoms with Gasteiger partial charge in [-0.3, -0.25) is 2.78 Å². The smallest absolute Gasteiger partial charge is 0.0646 e. The average molecular weight is 448 g/mol. The van der Waals surface area contributed by atoms with Crippen molar-refractivity contribution >= 4 is 62.5 Å². The predicted molar refractivity (Wildman–Crippen MR) is 118 cm³/mol. The van der Waals surface area contributed by atoms with Gasteiger partial charge in [0.1, 0.15) is 0 Å². The van der Waals surface area contributed by atoms with Crippen molar-refractivity contribution in [3.05, 3.63) is 76.7 Å². The lowest BCUT2D eigenvalue weighted by Gasteiger charge is -2.24. The maximum absolute atomic E-state index is 2.47. The van der Waals surface area contributed by atoms with Crippen molar-refractivity contribution < 1.29 is 0 Å². The monoisotopic (exact) mass is 448 g/mol. The third kappa shape index (κ3) is 1.77. The molecule has 6 rings (SSSR count). The minimum absolute atomic E-state index is 0.391. The van der Waals surface area contributed by atoms with E-state index in [1.54, 1.807) is 0 Å². The van der Waals surface area contributed by atoms with E-state index in [0.29, 0.717) is 12.0 Å². The van der Waals surface area contributed by atoms with Gasteiger partial charge < -0.3 is 4.90 Å². The van der Waals surface area contributed by atoms with Crippen LogP contribution in [0.1, 0.15) is 11.5 Å². The van der Waals surface area contributed by atoms with E-state index in [1.165, 1.54) is 43.5 Å². The van der Waals surface area contributed by atoms with E-state index in [9.17, 15) is 0 Å². The van der Waals surface area contributed by atoms with Crippen LogP contribution < -0.4 is 15.3 Å². The quantitative estimate of drug-likeness (QED) is 0.367. The molecule has 0 N–H and O–H groups in total. The zero-order valence-electron chi connectivity index (χ0n) is 14.4. The lowest BCUT2D eigenvalue weighted by molar-refractivity contribution is 0.779. The Morgan fingerprint density at radius 2 is 1.54 bits per heavy atom. The van der Waals surface area contributed by atoms with Crippen LogP contribution in [0.5, 0.6) is 0 Å². The van der Waals surface area contributed by atoms with E-state index >= 15 is 0 Å². The molecule has 3 aromatic carbocycles. The van der Waals surface area contributed by atoms with Crippen LogP contribution in [0, 0.1) is 0 Å². The Labute approximate surface area is 165 Å². The van der Waals surface area contributed by atoms with E-state index in [-0.39, 0.29) is 0 Å². The van der Waals surface area contributed by atoms with Crippen LogP contribution in [0.2, 0.25) is 0 Å². The molecule has 0 radical (unpaired) electrons. The van der Waals surface area contributed by atoms with Crippen LogP contribution in [0.4, 0.5) is 5.69 Å². The SMILES string of the molecule is CN1c2ccc3c(c2C2C=c4ccccc4=CC21)c1ccccc1n3I. The zero-order valence-corrected chi connectivity index (χ0v) is 16.5. The Morgan fingerprint density at radius 3 is 2.38 bits per heavy atom. The van der Waals surface area contributed by atoms with Gasteiger partial charge in [0.25, 0.3) is 0 Å². The molecule has 3 heteroatoms. The van der Waals surface area contributed by atoms with Gasteiger partial charge in [0.2, 0.25) is 0 Å². The van der Waals surface area contributed by atoms with Gasteiger partial charge >= 0.3 is 0 Å². The first kappa shape index (κ1) is 14.9. The first-order chi connectivity index (χ1) is 12.7. The minimum Gasteiger partial charge on any atom is -0.367 e. The second kappa shape index (κ2) is 5.13. The molecule has 0 amide bonds. The molecule has 26 heavy (non-hydrogen) atoms. The standard InChI is InChI=1S/C23H17IN2/c1-25-19-10-11-20-22(16-8-4-5-9-18(16)26(20)24)23(19)17-12-14-6-2-3-7-15(14)13-21(17)25/h2-13,17,21H,1H3. The van der Waals surface area contributed by atoms with Crippen molar-refractivity contribution in [2.24, 2.45) is 0 Å². The van der Waals surface area contributed by atoms with Crippen LogP contribution in [0.15, 0.2) is 60.7 Å². The molecule has 0 fully saturated rings. The molecular formula is C23H17IN2. The summed E-state index contributed by atoms with van der Waals surface area (Å²) in [6.45, 7) is 0. The third-order valence-electron chi connectivity index (χ3n) is 6.03. The first-order valence-electron chi connectivity index (χ1n) is 8.98. The van der Waals surface area contributed by atoms with Crippen LogP contribution in [-0.4, -0.2) is 15.9 Å². The van der Waals surface area contributed by atoms with E-state index in [0.717, 1.165) is 0 Å². The summed E-state index contributed by atoms with van der Waals surface area (Å²) in [7, 11) is 2.23. The van der Waals surface area contributed by atoms with Crippen molar-refractivity contribution in [2.75, 3.05) is 11.9 Å². The largest absolute Gasteiger partial charge is 0.367 e. The number of rotatable bonds is 0. The Balaban J connectivity index is 1.77. The molecule has 4 aromatic rings. The fraction of sp³-hybridized carbons (Fsp3) is 0.130. The highest BCUT2D eigenvalue weighted by Crippen LogP contribution is 2.48. The Hall–Kier alpha value is -2.27. The molecule has 126 valence electrons. The topological polar surface area (TPSA) is 8.17 Å². The summed E-state index contributed by atoms with van der Waals surface area (Å²) in [4.78, 5) is 2.45.